The number of aliphatic imine (C=N–C) groups is 1. The normalized spacial score (nSPS) is 32.5. The van der Waals surface area contributed by atoms with Crippen LogP contribution in [0, 0.1) is 17.3 Å². The van der Waals surface area contributed by atoms with E-state index in [1.807, 2.05) is 0 Å². The number of nitrogens with one attached hydrogen (secondary N) is 2. The minimum atomic E-state index is 0.423. The Morgan fingerprint density at radius 2 is 2.05 bits per heavy atom. The molecule has 3 atom stereocenters. The third-order valence-electron chi connectivity index (χ3n) is 6.33. The molecular weight excluding hydrogens is 274 g/mol. The van der Waals surface area contributed by atoms with Crippen LogP contribution < -0.4 is 10.6 Å². The third kappa shape index (κ3) is 2.64. The van der Waals surface area contributed by atoms with E-state index >= 15 is 0 Å². The molecule has 4 nitrogen and oxygen atoms in total. The van der Waals surface area contributed by atoms with Gasteiger partial charge in [-0.25, -0.2) is 0 Å². The van der Waals surface area contributed by atoms with Crippen molar-refractivity contribution in [3.8, 4) is 0 Å². The molecule has 3 aliphatic rings. The maximum atomic E-state index is 6.01. The van der Waals surface area contributed by atoms with Crippen LogP contribution in [0.2, 0.25) is 0 Å². The zero-order chi connectivity index (χ0) is 15.6. The maximum absolute atomic E-state index is 6.01. The average molecular weight is 307 g/mol. The van der Waals surface area contributed by atoms with Crippen molar-refractivity contribution >= 4 is 5.96 Å². The second kappa shape index (κ2) is 6.77. The molecule has 4 heteroatoms. The summed E-state index contributed by atoms with van der Waals surface area (Å²) in [6.07, 6.45) is 8.20. The van der Waals surface area contributed by atoms with Gasteiger partial charge < -0.3 is 15.4 Å². The van der Waals surface area contributed by atoms with Gasteiger partial charge in [0.05, 0.1) is 6.10 Å². The summed E-state index contributed by atoms with van der Waals surface area (Å²) >= 11 is 0. The van der Waals surface area contributed by atoms with E-state index in [0.717, 1.165) is 25.7 Å². The lowest BCUT2D eigenvalue weighted by Crippen LogP contribution is -2.72. The first-order chi connectivity index (χ1) is 10.7. The first-order valence-corrected chi connectivity index (χ1v) is 9.41. The molecule has 1 saturated heterocycles. The minimum absolute atomic E-state index is 0.423. The molecule has 0 aromatic carbocycles. The average Bonchev–Trinajstić information content (AvgIpc) is 2.89. The quantitative estimate of drug-likeness (QED) is 0.586. The fourth-order valence-corrected chi connectivity index (χ4v) is 4.69. The van der Waals surface area contributed by atoms with E-state index in [1.165, 1.54) is 38.5 Å². The first-order valence-electron chi connectivity index (χ1n) is 9.41. The third-order valence-corrected chi connectivity index (χ3v) is 6.33. The zero-order valence-corrected chi connectivity index (χ0v) is 14.5. The molecule has 0 aromatic rings. The van der Waals surface area contributed by atoms with Crippen LogP contribution in [0.3, 0.4) is 0 Å². The van der Waals surface area contributed by atoms with Crippen LogP contribution in [-0.4, -0.2) is 37.8 Å². The number of hydrogen-bond acceptors (Lipinski definition) is 2. The zero-order valence-electron chi connectivity index (χ0n) is 14.5. The molecule has 3 rings (SSSR count). The standard InChI is InChI=1S/C18H33N3O/c1-4-13(5-2)12-20-17(19-6-3)21-15-14-8-11-22-16(14)18(15)9-7-10-18/h13-16H,4-12H2,1-3H3,(H2,19,20,21). The topological polar surface area (TPSA) is 45.7 Å². The van der Waals surface area contributed by atoms with Gasteiger partial charge in [0.1, 0.15) is 0 Å². The predicted octanol–water partition coefficient (Wildman–Crippen LogP) is 2.94. The highest BCUT2D eigenvalue weighted by Gasteiger charge is 2.66. The Balaban J connectivity index is 1.64. The van der Waals surface area contributed by atoms with Crippen molar-refractivity contribution in [2.45, 2.75) is 71.4 Å². The number of hydrogen-bond donors (Lipinski definition) is 2. The van der Waals surface area contributed by atoms with Crippen LogP contribution in [0.15, 0.2) is 4.99 Å². The van der Waals surface area contributed by atoms with Crippen molar-refractivity contribution in [3.05, 3.63) is 0 Å². The van der Waals surface area contributed by atoms with E-state index in [1.54, 1.807) is 0 Å². The molecule has 2 aliphatic carbocycles. The summed E-state index contributed by atoms with van der Waals surface area (Å²) in [4.78, 5) is 4.87. The highest BCUT2D eigenvalue weighted by atomic mass is 16.5. The van der Waals surface area contributed by atoms with Crippen LogP contribution in [0.1, 0.15) is 59.3 Å². The summed E-state index contributed by atoms with van der Waals surface area (Å²) in [6.45, 7) is 9.50. The summed E-state index contributed by atoms with van der Waals surface area (Å²) in [7, 11) is 0. The molecule has 0 amide bonds. The van der Waals surface area contributed by atoms with Gasteiger partial charge in [0, 0.05) is 37.1 Å². The summed E-state index contributed by atoms with van der Waals surface area (Å²) in [5, 5.41) is 7.23. The largest absolute Gasteiger partial charge is 0.377 e. The number of nitrogens with zero attached hydrogens (tertiary/aromatic N) is 1. The second-order valence-corrected chi connectivity index (χ2v) is 7.35. The van der Waals surface area contributed by atoms with Crippen LogP contribution in [0.25, 0.3) is 0 Å². The molecule has 3 fully saturated rings. The lowest BCUT2D eigenvalue weighted by Gasteiger charge is -2.63. The number of fused-ring (bicyclic) bond motifs is 2. The highest BCUT2D eigenvalue weighted by Crippen LogP contribution is 2.62. The first kappa shape index (κ1) is 16.1. The molecule has 1 aliphatic heterocycles. The van der Waals surface area contributed by atoms with E-state index in [0.29, 0.717) is 29.4 Å². The van der Waals surface area contributed by atoms with Crippen LogP contribution in [-0.2, 0) is 4.74 Å². The molecule has 2 N–H and O–H groups in total. The van der Waals surface area contributed by atoms with E-state index in [4.69, 9.17) is 9.73 Å². The van der Waals surface area contributed by atoms with Crippen molar-refractivity contribution in [2.75, 3.05) is 19.7 Å². The van der Waals surface area contributed by atoms with Gasteiger partial charge in [-0.2, -0.15) is 0 Å². The fourth-order valence-electron chi connectivity index (χ4n) is 4.69. The predicted molar refractivity (Wildman–Crippen MR) is 91.1 cm³/mol. The summed E-state index contributed by atoms with van der Waals surface area (Å²) < 4.78 is 6.01. The monoisotopic (exact) mass is 307 g/mol. The Morgan fingerprint density at radius 3 is 2.64 bits per heavy atom. The molecule has 0 radical (unpaired) electrons. The SMILES string of the molecule is CCNC(=NCC(CC)CC)NC1C2CCOC2C12CCC2. The Labute approximate surface area is 135 Å². The van der Waals surface area contributed by atoms with E-state index in [2.05, 4.69) is 31.4 Å². The van der Waals surface area contributed by atoms with Crippen molar-refractivity contribution in [1.29, 1.82) is 0 Å². The number of ether oxygens (including phenoxy) is 1. The van der Waals surface area contributed by atoms with Gasteiger partial charge in [-0.15, -0.1) is 0 Å². The Bertz CT molecular complexity index is 401. The fraction of sp³-hybridized carbons (Fsp3) is 0.944. The van der Waals surface area contributed by atoms with Gasteiger partial charge in [-0.3, -0.25) is 4.99 Å². The molecule has 0 bridgehead atoms. The molecular formula is C18H33N3O. The lowest BCUT2D eigenvalue weighted by atomic mass is 9.46. The molecule has 126 valence electrons. The van der Waals surface area contributed by atoms with Crippen LogP contribution >= 0.6 is 0 Å². The van der Waals surface area contributed by atoms with Crippen molar-refractivity contribution in [3.63, 3.8) is 0 Å². The van der Waals surface area contributed by atoms with E-state index < -0.39 is 0 Å². The van der Waals surface area contributed by atoms with Gasteiger partial charge >= 0.3 is 0 Å². The molecule has 22 heavy (non-hydrogen) atoms. The van der Waals surface area contributed by atoms with E-state index in [9.17, 15) is 0 Å². The van der Waals surface area contributed by atoms with Gasteiger partial charge in [-0.05, 0) is 32.1 Å². The van der Waals surface area contributed by atoms with Gasteiger partial charge in [0.25, 0.3) is 0 Å². The lowest BCUT2D eigenvalue weighted by molar-refractivity contribution is -0.171. The maximum Gasteiger partial charge on any atom is 0.191 e. The molecule has 1 heterocycles. The Hall–Kier alpha value is -0.770. The van der Waals surface area contributed by atoms with Crippen molar-refractivity contribution in [1.82, 2.24) is 10.6 Å². The van der Waals surface area contributed by atoms with E-state index in [-0.39, 0.29) is 0 Å². The summed E-state index contributed by atoms with van der Waals surface area (Å²) in [5.41, 5.74) is 0.423. The van der Waals surface area contributed by atoms with Gasteiger partial charge in [0.15, 0.2) is 5.96 Å². The number of rotatable bonds is 6. The molecule has 0 aromatic heterocycles. The summed E-state index contributed by atoms with van der Waals surface area (Å²) in [5.74, 6) is 2.44. The van der Waals surface area contributed by atoms with Crippen LogP contribution in [0.4, 0.5) is 0 Å². The molecule has 3 unspecified atom stereocenters. The smallest absolute Gasteiger partial charge is 0.191 e. The Morgan fingerprint density at radius 1 is 1.27 bits per heavy atom. The number of guanidine groups is 1. The van der Waals surface area contributed by atoms with Gasteiger partial charge in [0.2, 0.25) is 0 Å². The summed E-state index contributed by atoms with van der Waals surface area (Å²) in [6, 6.07) is 0.577. The van der Waals surface area contributed by atoms with Crippen molar-refractivity contribution < 1.29 is 4.74 Å². The van der Waals surface area contributed by atoms with Gasteiger partial charge in [-0.1, -0.05) is 33.1 Å². The molecule has 2 saturated carbocycles. The van der Waals surface area contributed by atoms with Crippen LogP contribution in [0.5, 0.6) is 0 Å². The minimum Gasteiger partial charge on any atom is -0.377 e. The van der Waals surface area contributed by atoms with Crippen molar-refractivity contribution in [2.24, 2.45) is 22.2 Å². The second-order valence-electron chi connectivity index (χ2n) is 7.35. The highest BCUT2D eigenvalue weighted by molar-refractivity contribution is 5.80. The Kier molecular flexibility index (Phi) is 4.96. The molecule has 1 spiro atoms.